The number of esters is 1. The van der Waals surface area contributed by atoms with Gasteiger partial charge in [0, 0.05) is 10.7 Å². The zero-order valence-electron chi connectivity index (χ0n) is 16.5. The van der Waals surface area contributed by atoms with Crippen molar-refractivity contribution < 1.29 is 24.2 Å². The van der Waals surface area contributed by atoms with Crippen molar-refractivity contribution in [3.05, 3.63) is 81.5 Å². The summed E-state index contributed by atoms with van der Waals surface area (Å²) in [6, 6.07) is 12.1. The second-order valence-corrected chi connectivity index (χ2v) is 7.12. The van der Waals surface area contributed by atoms with Gasteiger partial charge in [0.2, 0.25) is 0 Å². The predicted octanol–water partition coefficient (Wildman–Crippen LogP) is 4.14. The number of nitrogens with one attached hydrogen (secondary N) is 1. The van der Waals surface area contributed by atoms with Crippen LogP contribution in [0.4, 0.5) is 4.79 Å². The summed E-state index contributed by atoms with van der Waals surface area (Å²) in [5.41, 5.74) is 2.21. The zero-order valence-corrected chi connectivity index (χ0v) is 17.3. The number of carbonyl (C=O) groups excluding carboxylic acids is 2. The number of ether oxygens (including phenoxy) is 1. The number of hydrogen-bond donors (Lipinski definition) is 2. The Morgan fingerprint density at radius 1 is 1.17 bits per heavy atom. The quantitative estimate of drug-likeness (QED) is 0.674. The van der Waals surface area contributed by atoms with Crippen molar-refractivity contribution in [2.45, 2.75) is 26.4 Å². The van der Waals surface area contributed by atoms with Gasteiger partial charge >= 0.3 is 18.0 Å². The molecule has 1 heterocycles. The van der Waals surface area contributed by atoms with Crippen LogP contribution >= 0.6 is 11.6 Å². The van der Waals surface area contributed by atoms with E-state index in [0.717, 1.165) is 0 Å². The second kappa shape index (κ2) is 9.00. The highest BCUT2D eigenvalue weighted by atomic mass is 35.5. The Bertz CT molecular complexity index is 1020. The van der Waals surface area contributed by atoms with Crippen molar-refractivity contribution >= 4 is 29.6 Å². The van der Waals surface area contributed by atoms with Crippen LogP contribution in [-0.4, -0.2) is 34.6 Å². The molecule has 0 radical (unpaired) electrons. The Balaban J connectivity index is 2.00. The van der Waals surface area contributed by atoms with Gasteiger partial charge in [-0.2, -0.15) is 0 Å². The van der Waals surface area contributed by atoms with E-state index in [1.807, 2.05) is 0 Å². The maximum atomic E-state index is 12.9. The third kappa shape index (κ3) is 4.31. The van der Waals surface area contributed by atoms with Crippen LogP contribution in [-0.2, 0) is 16.1 Å². The summed E-state index contributed by atoms with van der Waals surface area (Å²) in [6.07, 6.45) is 0. The lowest BCUT2D eigenvalue weighted by Crippen LogP contribution is -2.47. The molecule has 30 heavy (non-hydrogen) atoms. The number of benzene rings is 2. The van der Waals surface area contributed by atoms with Gasteiger partial charge < -0.3 is 15.2 Å². The van der Waals surface area contributed by atoms with E-state index < -0.39 is 24.0 Å². The molecule has 0 aliphatic carbocycles. The average Bonchev–Trinajstić information content (AvgIpc) is 2.71. The lowest BCUT2D eigenvalue weighted by atomic mass is 9.94. The predicted molar refractivity (Wildman–Crippen MR) is 111 cm³/mol. The Labute approximate surface area is 178 Å². The molecule has 1 unspecified atom stereocenters. The fourth-order valence-electron chi connectivity index (χ4n) is 3.32. The minimum absolute atomic E-state index is 0.153. The lowest BCUT2D eigenvalue weighted by Gasteiger charge is -2.35. The van der Waals surface area contributed by atoms with Gasteiger partial charge in [-0.25, -0.2) is 14.4 Å². The number of rotatable bonds is 6. The molecule has 3 rings (SSSR count). The number of nitrogens with zero attached hydrogens (tertiary/aromatic N) is 1. The minimum Gasteiger partial charge on any atom is -0.478 e. The number of carboxylic acid groups (broad SMARTS) is 1. The molecule has 0 spiro atoms. The third-order valence-corrected chi connectivity index (χ3v) is 5.19. The number of carbonyl (C=O) groups is 3. The fraction of sp³-hybridized carbons (Fsp3) is 0.227. The highest BCUT2D eigenvalue weighted by molar-refractivity contribution is 6.31. The summed E-state index contributed by atoms with van der Waals surface area (Å²) < 4.78 is 5.24. The highest BCUT2D eigenvalue weighted by Crippen LogP contribution is 2.35. The average molecular weight is 429 g/mol. The number of urea groups is 1. The van der Waals surface area contributed by atoms with Crippen LogP contribution in [0.3, 0.4) is 0 Å². The standard InChI is InChI=1S/C22H21ClN2O5/c1-3-30-21(28)18-13(2)25(12-14-8-10-15(11-9-14)20(26)27)22(29)24-19(18)16-6-4-5-7-17(16)23/h4-11,19H,3,12H2,1-2H3,(H,24,29)(H,26,27). The smallest absolute Gasteiger partial charge is 0.338 e. The van der Waals surface area contributed by atoms with Gasteiger partial charge in [0.25, 0.3) is 0 Å². The molecular weight excluding hydrogens is 408 g/mol. The Hall–Kier alpha value is -3.32. The SMILES string of the molecule is CCOC(=O)C1=C(C)N(Cc2ccc(C(=O)O)cc2)C(=O)NC1c1ccccc1Cl. The molecule has 1 aliphatic rings. The number of allylic oxidation sites excluding steroid dienone is 1. The van der Waals surface area contributed by atoms with Gasteiger partial charge in [0.05, 0.1) is 30.3 Å². The van der Waals surface area contributed by atoms with E-state index in [0.29, 0.717) is 27.4 Å². The van der Waals surface area contributed by atoms with Crippen LogP contribution in [0.25, 0.3) is 0 Å². The van der Waals surface area contributed by atoms with E-state index in [1.165, 1.54) is 17.0 Å². The number of aromatic carboxylic acids is 1. The van der Waals surface area contributed by atoms with Crippen molar-refractivity contribution in [2.24, 2.45) is 0 Å². The van der Waals surface area contributed by atoms with Crippen molar-refractivity contribution in [2.75, 3.05) is 6.61 Å². The molecule has 1 aliphatic heterocycles. The van der Waals surface area contributed by atoms with Crippen molar-refractivity contribution in [3.8, 4) is 0 Å². The molecule has 0 bridgehead atoms. The Morgan fingerprint density at radius 2 is 1.83 bits per heavy atom. The van der Waals surface area contributed by atoms with E-state index in [4.69, 9.17) is 21.4 Å². The molecule has 156 valence electrons. The summed E-state index contributed by atoms with van der Waals surface area (Å²) in [5.74, 6) is -1.56. The van der Waals surface area contributed by atoms with Crippen molar-refractivity contribution in [3.63, 3.8) is 0 Å². The number of hydrogen-bond acceptors (Lipinski definition) is 4. The zero-order chi connectivity index (χ0) is 21.8. The summed E-state index contributed by atoms with van der Waals surface area (Å²) in [4.78, 5) is 38.1. The first-order chi connectivity index (χ1) is 14.3. The normalized spacial score (nSPS) is 16.3. The molecule has 0 aromatic heterocycles. The van der Waals surface area contributed by atoms with Crippen molar-refractivity contribution in [1.29, 1.82) is 0 Å². The number of carboxylic acids is 1. The Kier molecular flexibility index (Phi) is 6.42. The van der Waals surface area contributed by atoms with Gasteiger partial charge in [0.15, 0.2) is 0 Å². The maximum Gasteiger partial charge on any atom is 0.338 e. The molecule has 8 heteroatoms. The van der Waals surface area contributed by atoms with Crippen LogP contribution in [0.5, 0.6) is 0 Å². The minimum atomic E-state index is -1.03. The van der Waals surface area contributed by atoms with E-state index in [1.54, 1.807) is 50.2 Å². The lowest BCUT2D eigenvalue weighted by molar-refractivity contribution is -0.139. The second-order valence-electron chi connectivity index (χ2n) is 6.71. The first kappa shape index (κ1) is 21.4. The summed E-state index contributed by atoms with van der Waals surface area (Å²) in [6.45, 7) is 3.74. The first-order valence-corrected chi connectivity index (χ1v) is 9.73. The van der Waals surface area contributed by atoms with Gasteiger partial charge in [-0.3, -0.25) is 4.90 Å². The molecule has 1 atom stereocenters. The van der Waals surface area contributed by atoms with E-state index in [-0.39, 0.29) is 18.7 Å². The summed E-state index contributed by atoms with van der Waals surface area (Å²) in [7, 11) is 0. The van der Waals surface area contributed by atoms with E-state index in [2.05, 4.69) is 5.32 Å². The van der Waals surface area contributed by atoms with Gasteiger partial charge in [0.1, 0.15) is 0 Å². The van der Waals surface area contributed by atoms with Crippen LogP contribution in [0.15, 0.2) is 59.8 Å². The van der Waals surface area contributed by atoms with Crippen molar-refractivity contribution in [1.82, 2.24) is 10.2 Å². The number of halogens is 1. The molecule has 2 amide bonds. The topological polar surface area (TPSA) is 95.9 Å². The van der Waals surface area contributed by atoms with Crippen LogP contribution in [0.2, 0.25) is 5.02 Å². The van der Waals surface area contributed by atoms with E-state index in [9.17, 15) is 14.4 Å². The molecule has 2 N–H and O–H groups in total. The molecule has 2 aromatic carbocycles. The first-order valence-electron chi connectivity index (χ1n) is 9.36. The van der Waals surface area contributed by atoms with Crippen LogP contribution < -0.4 is 5.32 Å². The summed E-state index contributed by atoms with van der Waals surface area (Å²) >= 11 is 6.32. The fourth-order valence-corrected chi connectivity index (χ4v) is 3.57. The van der Waals surface area contributed by atoms with Gasteiger partial charge in [-0.1, -0.05) is 41.9 Å². The van der Waals surface area contributed by atoms with E-state index >= 15 is 0 Å². The molecule has 0 saturated carbocycles. The van der Waals surface area contributed by atoms with Gasteiger partial charge in [-0.15, -0.1) is 0 Å². The highest BCUT2D eigenvalue weighted by Gasteiger charge is 2.37. The molecule has 7 nitrogen and oxygen atoms in total. The Morgan fingerprint density at radius 3 is 2.43 bits per heavy atom. The number of amides is 2. The van der Waals surface area contributed by atoms with Crippen LogP contribution in [0.1, 0.15) is 41.4 Å². The molecule has 2 aromatic rings. The maximum absolute atomic E-state index is 12.9. The van der Waals surface area contributed by atoms with Gasteiger partial charge in [-0.05, 0) is 43.2 Å². The molecule has 0 fully saturated rings. The monoisotopic (exact) mass is 428 g/mol. The summed E-state index contributed by atoms with van der Waals surface area (Å²) in [5, 5.41) is 12.3. The molecular formula is C22H21ClN2O5. The van der Waals surface area contributed by atoms with Crippen LogP contribution in [0, 0.1) is 0 Å². The third-order valence-electron chi connectivity index (χ3n) is 4.85. The largest absolute Gasteiger partial charge is 0.478 e. The molecule has 0 saturated heterocycles.